The first-order chi connectivity index (χ1) is 8.78. The highest BCUT2D eigenvalue weighted by atomic mass is 16.5. The molecule has 1 aromatic carbocycles. The van der Waals surface area contributed by atoms with Gasteiger partial charge in [-0.1, -0.05) is 0 Å². The highest BCUT2D eigenvalue weighted by molar-refractivity contribution is 5.63. The van der Waals surface area contributed by atoms with Crippen LogP contribution in [0.25, 0.3) is 0 Å². The third-order valence-electron chi connectivity index (χ3n) is 3.77. The minimum atomic E-state index is 0.666. The van der Waals surface area contributed by atoms with Crippen molar-refractivity contribution in [2.75, 3.05) is 23.8 Å². The standard InChI is InChI=1S/C15H22N2O/c1-2-18-15-9-13(7-8-14(15)16)17(12-5-6-12)10-11-3-4-11/h7-9,11-12H,2-6,10,16H2,1H3. The molecule has 3 rings (SSSR count). The summed E-state index contributed by atoms with van der Waals surface area (Å²) < 4.78 is 5.60. The lowest BCUT2D eigenvalue weighted by Crippen LogP contribution is -2.28. The van der Waals surface area contributed by atoms with E-state index in [0.29, 0.717) is 6.61 Å². The van der Waals surface area contributed by atoms with Crippen LogP contribution in [0.15, 0.2) is 18.2 Å². The SMILES string of the molecule is CCOc1cc(N(CC2CC2)C2CC2)ccc1N. The summed E-state index contributed by atoms with van der Waals surface area (Å²) in [5.74, 6) is 1.75. The second kappa shape index (κ2) is 4.71. The molecule has 0 atom stereocenters. The van der Waals surface area contributed by atoms with Crippen LogP contribution in [-0.2, 0) is 0 Å². The molecule has 18 heavy (non-hydrogen) atoms. The summed E-state index contributed by atoms with van der Waals surface area (Å²) in [6, 6.07) is 6.98. The van der Waals surface area contributed by atoms with E-state index in [9.17, 15) is 0 Å². The summed E-state index contributed by atoms with van der Waals surface area (Å²) in [7, 11) is 0. The summed E-state index contributed by atoms with van der Waals surface area (Å²) in [5.41, 5.74) is 7.96. The molecule has 1 aromatic rings. The monoisotopic (exact) mass is 246 g/mol. The number of nitrogens with zero attached hydrogens (tertiary/aromatic N) is 1. The first kappa shape index (κ1) is 11.7. The fourth-order valence-electron chi connectivity index (χ4n) is 2.41. The first-order valence-corrected chi connectivity index (χ1v) is 7.07. The fraction of sp³-hybridized carbons (Fsp3) is 0.600. The van der Waals surface area contributed by atoms with Crippen molar-refractivity contribution in [3.63, 3.8) is 0 Å². The van der Waals surface area contributed by atoms with Gasteiger partial charge in [0.05, 0.1) is 12.3 Å². The van der Waals surface area contributed by atoms with Crippen molar-refractivity contribution in [2.24, 2.45) is 5.92 Å². The van der Waals surface area contributed by atoms with Gasteiger partial charge in [-0.2, -0.15) is 0 Å². The third kappa shape index (κ3) is 2.55. The van der Waals surface area contributed by atoms with Gasteiger partial charge in [0, 0.05) is 24.3 Å². The van der Waals surface area contributed by atoms with Gasteiger partial charge in [-0.15, -0.1) is 0 Å². The summed E-state index contributed by atoms with van der Waals surface area (Å²) >= 11 is 0. The number of nitrogen functional groups attached to an aromatic ring is 1. The van der Waals surface area contributed by atoms with Gasteiger partial charge in [0.1, 0.15) is 5.75 Å². The van der Waals surface area contributed by atoms with E-state index in [1.54, 1.807) is 0 Å². The maximum Gasteiger partial charge on any atom is 0.144 e. The first-order valence-electron chi connectivity index (χ1n) is 7.07. The Morgan fingerprint density at radius 2 is 2.06 bits per heavy atom. The molecule has 3 heteroatoms. The minimum Gasteiger partial charge on any atom is -0.492 e. The largest absolute Gasteiger partial charge is 0.492 e. The lowest BCUT2D eigenvalue weighted by atomic mass is 10.2. The number of hydrogen-bond acceptors (Lipinski definition) is 3. The van der Waals surface area contributed by atoms with Gasteiger partial charge in [0.2, 0.25) is 0 Å². The van der Waals surface area contributed by atoms with Crippen LogP contribution in [0.3, 0.4) is 0 Å². The maximum atomic E-state index is 5.94. The van der Waals surface area contributed by atoms with Crippen molar-refractivity contribution in [1.82, 2.24) is 0 Å². The molecular formula is C15H22N2O. The summed E-state index contributed by atoms with van der Waals surface area (Å²) in [6.45, 7) is 3.87. The molecular weight excluding hydrogens is 224 g/mol. The van der Waals surface area contributed by atoms with Crippen LogP contribution >= 0.6 is 0 Å². The Morgan fingerprint density at radius 1 is 1.28 bits per heavy atom. The molecule has 0 unspecified atom stereocenters. The zero-order valence-corrected chi connectivity index (χ0v) is 11.1. The molecule has 2 N–H and O–H groups in total. The molecule has 2 saturated carbocycles. The van der Waals surface area contributed by atoms with E-state index in [0.717, 1.165) is 23.4 Å². The van der Waals surface area contributed by atoms with Gasteiger partial charge in [0.25, 0.3) is 0 Å². The molecule has 2 aliphatic carbocycles. The Morgan fingerprint density at radius 3 is 2.67 bits per heavy atom. The molecule has 98 valence electrons. The van der Waals surface area contributed by atoms with Crippen LogP contribution in [0.5, 0.6) is 5.75 Å². The van der Waals surface area contributed by atoms with E-state index in [1.165, 1.54) is 37.9 Å². The quantitative estimate of drug-likeness (QED) is 0.784. The number of hydrogen-bond donors (Lipinski definition) is 1. The van der Waals surface area contributed by atoms with Crippen molar-refractivity contribution in [3.8, 4) is 5.75 Å². The normalized spacial score (nSPS) is 18.7. The zero-order chi connectivity index (χ0) is 12.5. The predicted molar refractivity (Wildman–Crippen MR) is 75.1 cm³/mol. The number of nitrogens with two attached hydrogens (primary N) is 1. The molecule has 0 spiro atoms. The lowest BCUT2D eigenvalue weighted by molar-refractivity contribution is 0.342. The molecule has 3 nitrogen and oxygen atoms in total. The maximum absolute atomic E-state index is 5.94. The second-order valence-corrected chi connectivity index (χ2v) is 5.48. The second-order valence-electron chi connectivity index (χ2n) is 5.48. The van der Waals surface area contributed by atoms with Gasteiger partial charge in [-0.3, -0.25) is 0 Å². The van der Waals surface area contributed by atoms with Gasteiger partial charge in [-0.05, 0) is 50.7 Å². The Balaban J connectivity index is 1.81. The average Bonchev–Trinajstić information content (AvgIpc) is 3.24. The number of rotatable bonds is 6. The van der Waals surface area contributed by atoms with Crippen molar-refractivity contribution in [2.45, 2.75) is 38.6 Å². The Labute approximate surface area is 109 Å². The van der Waals surface area contributed by atoms with Gasteiger partial charge in [-0.25, -0.2) is 0 Å². The van der Waals surface area contributed by atoms with Crippen molar-refractivity contribution in [3.05, 3.63) is 18.2 Å². The molecule has 0 bridgehead atoms. The van der Waals surface area contributed by atoms with E-state index >= 15 is 0 Å². The van der Waals surface area contributed by atoms with Crippen LogP contribution in [-0.4, -0.2) is 19.2 Å². The van der Waals surface area contributed by atoms with Gasteiger partial charge in [0.15, 0.2) is 0 Å². The van der Waals surface area contributed by atoms with E-state index in [4.69, 9.17) is 10.5 Å². The van der Waals surface area contributed by atoms with Crippen molar-refractivity contribution < 1.29 is 4.74 Å². The summed E-state index contributed by atoms with van der Waals surface area (Å²) in [6.07, 6.45) is 5.47. The van der Waals surface area contributed by atoms with E-state index < -0.39 is 0 Å². The van der Waals surface area contributed by atoms with E-state index in [-0.39, 0.29) is 0 Å². The lowest BCUT2D eigenvalue weighted by Gasteiger charge is -2.25. The van der Waals surface area contributed by atoms with Crippen LogP contribution in [0.4, 0.5) is 11.4 Å². The molecule has 2 fully saturated rings. The number of ether oxygens (including phenoxy) is 1. The summed E-state index contributed by atoms with van der Waals surface area (Å²) in [4.78, 5) is 2.56. The van der Waals surface area contributed by atoms with Gasteiger partial charge < -0.3 is 15.4 Å². The highest BCUT2D eigenvalue weighted by Crippen LogP contribution is 2.39. The molecule has 0 heterocycles. The van der Waals surface area contributed by atoms with E-state index in [2.05, 4.69) is 17.0 Å². The smallest absolute Gasteiger partial charge is 0.144 e. The van der Waals surface area contributed by atoms with Crippen molar-refractivity contribution >= 4 is 11.4 Å². The molecule has 0 radical (unpaired) electrons. The van der Waals surface area contributed by atoms with Crippen molar-refractivity contribution in [1.29, 1.82) is 0 Å². The Bertz CT molecular complexity index is 425. The number of benzene rings is 1. The number of anilines is 2. The van der Waals surface area contributed by atoms with Gasteiger partial charge >= 0.3 is 0 Å². The molecule has 0 amide bonds. The summed E-state index contributed by atoms with van der Waals surface area (Å²) in [5, 5.41) is 0. The zero-order valence-electron chi connectivity index (χ0n) is 11.1. The highest BCUT2D eigenvalue weighted by Gasteiger charge is 2.34. The minimum absolute atomic E-state index is 0.666. The molecule has 0 aliphatic heterocycles. The topological polar surface area (TPSA) is 38.5 Å². The average molecular weight is 246 g/mol. The molecule has 0 aromatic heterocycles. The third-order valence-corrected chi connectivity index (χ3v) is 3.77. The van der Waals surface area contributed by atoms with Crippen LogP contribution in [0.2, 0.25) is 0 Å². The van der Waals surface area contributed by atoms with E-state index in [1.807, 2.05) is 13.0 Å². The fourth-order valence-corrected chi connectivity index (χ4v) is 2.41. The molecule has 2 aliphatic rings. The van der Waals surface area contributed by atoms with Crippen LogP contribution in [0.1, 0.15) is 32.6 Å². The van der Waals surface area contributed by atoms with Crippen LogP contribution in [0, 0.1) is 5.92 Å². The predicted octanol–water partition coefficient (Wildman–Crippen LogP) is 3.05. The van der Waals surface area contributed by atoms with Crippen LogP contribution < -0.4 is 15.4 Å². The molecule has 0 saturated heterocycles. The Hall–Kier alpha value is -1.38. The Kier molecular flexibility index (Phi) is 3.06.